The molecule has 2 bridgehead atoms. The van der Waals surface area contributed by atoms with Crippen LogP contribution in [0, 0.1) is 5.41 Å². The number of nitrogens with two attached hydrogens (primary N) is 1. The summed E-state index contributed by atoms with van der Waals surface area (Å²) in [4.78, 5) is 43.7. The first kappa shape index (κ1) is 25.6. The molecule has 2 unspecified atom stereocenters. The summed E-state index contributed by atoms with van der Waals surface area (Å²) in [5.74, 6) is -1.02. The van der Waals surface area contributed by atoms with Crippen LogP contribution in [-0.2, 0) is 38.0 Å². The highest BCUT2D eigenvalue weighted by Crippen LogP contribution is 2.38. The third-order valence-electron chi connectivity index (χ3n) is 6.19. The molecule has 3 amide bonds. The molecule has 14 heteroatoms. The molecule has 3 fully saturated rings. The molecular weight excluding hydrogens is 460 g/mol. The van der Waals surface area contributed by atoms with Gasteiger partial charge in [0.1, 0.15) is 6.04 Å². The fourth-order valence-electron chi connectivity index (χ4n) is 4.48. The zero-order valence-electron chi connectivity index (χ0n) is 18.7. The van der Waals surface area contributed by atoms with Gasteiger partial charge < -0.3 is 15.4 Å². The number of rotatable bonds is 11. The summed E-state index contributed by atoms with van der Waals surface area (Å²) in [6.07, 6.45) is 4.00. The third kappa shape index (κ3) is 5.93. The second-order valence-corrected chi connectivity index (χ2v) is 9.62. The Labute approximate surface area is 193 Å². The number of hydrogen-bond donors (Lipinski definition) is 2. The van der Waals surface area contributed by atoms with Crippen molar-refractivity contribution >= 4 is 28.3 Å². The number of nitrogens with zero attached hydrogens (tertiary/aromatic N) is 2. The number of urea groups is 1. The van der Waals surface area contributed by atoms with Gasteiger partial charge in [-0.1, -0.05) is 19.3 Å². The fourth-order valence-corrected chi connectivity index (χ4v) is 5.27. The number of piperidine rings is 1. The molecule has 3 aliphatic rings. The van der Waals surface area contributed by atoms with Gasteiger partial charge >= 0.3 is 22.4 Å². The predicted octanol–water partition coefficient (Wildman–Crippen LogP) is -0.0319. The van der Waals surface area contributed by atoms with Gasteiger partial charge in [-0.3, -0.25) is 14.4 Å². The third-order valence-corrected chi connectivity index (χ3v) is 6.94. The van der Waals surface area contributed by atoms with Crippen LogP contribution in [0.1, 0.15) is 51.9 Å². The normalized spacial score (nSPS) is 24.6. The van der Waals surface area contributed by atoms with E-state index in [0.717, 1.165) is 24.3 Å². The van der Waals surface area contributed by atoms with Crippen molar-refractivity contribution in [3.63, 3.8) is 0 Å². The molecule has 188 valence electrons. The highest BCUT2D eigenvalue weighted by atomic mass is 32.3. The van der Waals surface area contributed by atoms with Gasteiger partial charge in [0.2, 0.25) is 0 Å². The standard InChI is InChI=1S/C19H32N4O9S/c1-2-29-17(25)19(8-4-3-5-9-19)13-31-33(27,28)32-23-14-6-7-15(22(12-14)18(23)26)16(24)21-30-11-10-20/h14-15H,2-13,20H2,1H3,(H,21,24). The maximum Gasteiger partial charge on any atom is 0.421 e. The molecule has 2 heterocycles. The largest absolute Gasteiger partial charge is 0.465 e. The number of carbonyl (C=O) groups excluding carboxylic acids is 3. The predicted molar refractivity (Wildman–Crippen MR) is 112 cm³/mol. The molecule has 13 nitrogen and oxygen atoms in total. The van der Waals surface area contributed by atoms with E-state index < -0.39 is 52.4 Å². The lowest BCUT2D eigenvalue weighted by Crippen LogP contribution is -2.50. The second-order valence-electron chi connectivity index (χ2n) is 8.42. The first-order chi connectivity index (χ1) is 15.7. The van der Waals surface area contributed by atoms with Gasteiger partial charge in [-0.05, 0) is 32.6 Å². The Kier molecular flexibility index (Phi) is 8.50. The molecule has 3 rings (SSSR count). The Morgan fingerprint density at radius 3 is 2.61 bits per heavy atom. The van der Waals surface area contributed by atoms with Crippen molar-refractivity contribution in [1.82, 2.24) is 15.4 Å². The van der Waals surface area contributed by atoms with Crippen molar-refractivity contribution in [2.75, 3.05) is 32.9 Å². The lowest BCUT2D eigenvalue weighted by atomic mass is 9.75. The van der Waals surface area contributed by atoms with Crippen molar-refractivity contribution in [3.05, 3.63) is 0 Å². The maximum atomic E-state index is 12.8. The Morgan fingerprint density at radius 2 is 1.94 bits per heavy atom. The number of fused-ring (bicyclic) bond motifs is 2. The first-order valence-corrected chi connectivity index (χ1v) is 12.5. The summed E-state index contributed by atoms with van der Waals surface area (Å²) in [6, 6.07) is -2.14. The van der Waals surface area contributed by atoms with Crippen LogP contribution in [0.5, 0.6) is 0 Å². The molecular formula is C19H32N4O9S. The quantitative estimate of drug-likeness (QED) is 0.227. The van der Waals surface area contributed by atoms with Crippen LogP contribution >= 0.6 is 0 Å². The molecule has 3 N–H and O–H groups in total. The molecule has 0 aromatic heterocycles. The van der Waals surface area contributed by atoms with Crippen LogP contribution in [0.15, 0.2) is 0 Å². The Balaban J connectivity index is 1.61. The van der Waals surface area contributed by atoms with E-state index >= 15 is 0 Å². The molecule has 1 aliphatic carbocycles. The SMILES string of the molecule is CCOC(=O)C1(COS(=O)(=O)ON2C(=O)N3CC2CCC3C(=O)NOCCN)CCCCC1. The van der Waals surface area contributed by atoms with E-state index in [2.05, 4.69) is 5.48 Å². The number of nitrogens with one attached hydrogen (secondary N) is 1. The van der Waals surface area contributed by atoms with Crippen LogP contribution in [0.25, 0.3) is 0 Å². The highest BCUT2D eigenvalue weighted by molar-refractivity contribution is 7.81. The minimum atomic E-state index is -4.65. The van der Waals surface area contributed by atoms with E-state index in [1.165, 1.54) is 4.90 Å². The van der Waals surface area contributed by atoms with Crippen LogP contribution in [0.3, 0.4) is 0 Å². The van der Waals surface area contributed by atoms with Crippen LogP contribution in [-0.4, -0.2) is 81.3 Å². The number of hydroxylamine groups is 3. The second kappa shape index (κ2) is 11.0. The van der Waals surface area contributed by atoms with Gasteiger partial charge in [-0.2, -0.15) is 13.5 Å². The zero-order chi connectivity index (χ0) is 24.1. The van der Waals surface area contributed by atoms with E-state index in [0.29, 0.717) is 25.7 Å². The summed E-state index contributed by atoms with van der Waals surface area (Å²) in [5, 5.41) is 0.723. The van der Waals surface area contributed by atoms with Crippen molar-refractivity contribution in [2.24, 2.45) is 11.1 Å². The maximum absolute atomic E-state index is 12.8. The zero-order valence-corrected chi connectivity index (χ0v) is 19.5. The molecule has 0 spiro atoms. The van der Waals surface area contributed by atoms with Crippen molar-refractivity contribution < 1.29 is 40.8 Å². The minimum Gasteiger partial charge on any atom is -0.465 e. The van der Waals surface area contributed by atoms with Crippen molar-refractivity contribution in [1.29, 1.82) is 0 Å². The highest BCUT2D eigenvalue weighted by Gasteiger charge is 2.50. The lowest BCUT2D eigenvalue weighted by molar-refractivity contribution is -0.160. The smallest absolute Gasteiger partial charge is 0.421 e. The topological polar surface area (TPSA) is 167 Å². The molecule has 1 saturated carbocycles. The molecule has 33 heavy (non-hydrogen) atoms. The van der Waals surface area contributed by atoms with E-state index in [1.54, 1.807) is 6.92 Å². The van der Waals surface area contributed by atoms with E-state index in [4.69, 9.17) is 23.8 Å². The van der Waals surface area contributed by atoms with Gasteiger partial charge in [0.05, 0.1) is 31.3 Å². The summed E-state index contributed by atoms with van der Waals surface area (Å²) in [7, 11) is -4.65. The van der Waals surface area contributed by atoms with Crippen molar-refractivity contribution in [3.8, 4) is 0 Å². The van der Waals surface area contributed by atoms with Crippen LogP contribution in [0.2, 0.25) is 0 Å². The molecule has 0 aromatic carbocycles. The molecule has 0 aromatic rings. The first-order valence-electron chi connectivity index (χ1n) is 11.2. The van der Waals surface area contributed by atoms with E-state index in [9.17, 15) is 22.8 Å². The lowest BCUT2D eigenvalue weighted by Gasteiger charge is -2.34. The van der Waals surface area contributed by atoms with Gasteiger partial charge in [0, 0.05) is 13.1 Å². The van der Waals surface area contributed by atoms with Crippen LogP contribution in [0.4, 0.5) is 4.79 Å². The number of esters is 1. The average molecular weight is 493 g/mol. The van der Waals surface area contributed by atoms with Crippen molar-refractivity contribution in [2.45, 2.75) is 64.0 Å². The van der Waals surface area contributed by atoms with Crippen LogP contribution < -0.4 is 11.2 Å². The summed E-state index contributed by atoms with van der Waals surface area (Å²) in [6.45, 7) is 1.89. The Hall–Kier alpha value is -2.00. The summed E-state index contributed by atoms with van der Waals surface area (Å²) >= 11 is 0. The monoisotopic (exact) mass is 492 g/mol. The number of carbonyl (C=O) groups is 3. The Morgan fingerprint density at radius 1 is 1.21 bits per heavy atom. The number of ether oxygens (including phenoxy) is 1. The minimum absolute atomic E-state index is 0.118. The average Bonchev–Trinajstić information content (AvgIpc) is 3.03. The van der Waals surface area contributed by atoms with Gasteiger partial charge in [0.15, 0.2) is 0 Å². The summed E-state index contributed by atoms with van der Waals surface area (Å²) in [5.41, 5.74) is 6.48. The molecule has 0 radical (unpaired) electrons. The van der Waals surface area contributed by atoms with E-state index in [1.807, 2.05) is 0 Å². The molecule has 2 saturated heterocycles. The van der Waals surface area contributed by atoms with Gasteiger partial charge in [-0.15, -0.1) is 4.28 Å². The van der Waals surface area contributed by atoms with Gasteiger partial charge in [0.25, 0.3) is 5.91 Å². The van der Waals surface area contributed by atoms with Gasteiger partial charge in [-0.25, -0.2) is 14.5 Å². The molecule has 2 aliphatic heterocycles. The number of hydrogen-bond acceptors (Lipinski definition) is 10. The Bertz CT molecular complexity index is 831. The van der Waals surface area contributed by atoms with E-state index in [-0.39, 0.29) is 26.3 Å². The molecule has 2 atom stereocenters. The number of amides is 3. The fraction of sp³-hybridized carbons (Fsp3) is 0.842. The summed E-state index contributed by atoms with van der Waals surface area (Å²) < 4.78 is 40.3.